The molecule has 2 aromatic heterocycles. The summed E-state index contributed by atoms with van der Waals surface area (Å²) in [6, 6.07) is 20.7. The number of ketones is 1. The van der Waals surface area contributed by atoms with Crippen LogP contribution in [-0.4, -0.2) is 34.5 Å². The maximum atomic E-state index is 13.6. The molecule has 0 spiro atoms. The highest BCUT2D eigenvalue weighted by Crippen LogP contribution is 2.35. The lowest BCUT2D eigenvalue weighted by Crippen LogP contribution is -2.07. The highest BCUT2D eigenvalue weighted by atomic mass is 16.5. The molecule has 0 N–H and O–H groups in total. The molecule has 2 heterocycles. The zero-order valence-corrected chi connectivity index (χ0v) is 17.1. The summed E-state index contributed by atoms with van der Waals surface area (Å²) in [5, 5.41) is 2.00. The Morgan fingerprint density at radius 1 is 0.806 bits per heavy atom. The van der Waals surface area contributed by atoms with E-state index in [0.717, 1.165) is 21.8 Å². The van der Waals surface area contributed by atoms with Gasteiger partial charge in [0.2, 0.25) is 5.95 Å². The van der Waals surface area contributed by atoms with Crippen LogP contribution < -0.4 is 9.47 Å². The van der Waals surface area contributed by atoms with Crippen molar-refractivity contribution in [2.24, 2.45) is 0 Å². The highest BCUT2D eigenvalue weighted by Gasteiger charge is 2.21. The zero-order chi connectivity index (χ0) is 21.4. The Morgan fingerprint density at radius 2 is 1.55 bits per heavy atom. The first-order valence-electron chi connectivity index (χ1n) is 9.79. The molecule has 6 heteroatoms. The maximum Gasteiger partial charge on any atom is 0.234 e. The van der Waals surface area contributed by atoms with Crippen LogP contribution in [0.2, 0.25) is 0 Å². The van der Waals surface area contributed by atoms with Crippen molar-refractivity contribution in [2.45, 2.75) is 0 Å². The fourth-order valence-electron chi connectivity index (χ4n) is 3.95. The van der Waals surface area contributed by atoms with Crippen LogP contribution in [-0.2, 0) is 0 Å². The quantitative estimate of drug-likeness (QED) is 0.389. The molecule has 31 heavy (non-hydrogen) atoms. The van der Waals surface area contributed by atoms with Gasteiger partial charge < -0.3 is 9.47 Å². The van der Waals surface area contributed by atoms with E-state index < -0.39 is 0 Å². The molecule has 0 aliphatic carbocycles. The van der Waals surface area contributed by atoms with Crippen molar-refractivity contribution in [2.75, 3.05) is 14.2 Å². The number of hydrogen-bond acceptors (Lipinski definition) is 5. The number of nitrogens with zero attached hydrogens (tertiary/aromatic N) is 3. The number of para-hydroxylation sites is 2. The van der Waals surface area contributed by atoms with Gasteiger partial charge in [0.25, 0.3) is 0 Å². The molecule has 152 valence electrons. The molecule has 0 saturated carbocycles. The molecule has 0 saturated heterocycles. The second-order valence-corrected chi connectivity index (χ2v) is 7.00. The van der Waals surface area contributed by atoms with E-state index in [-0.39, 0.29) is 5.78 Å². The van der Waals surface area contributed by atoms with Crippen LogP contribution in [0.25, 0.3) is 27.8 Å². The standard InChI is InChI=1S/C25H19N3O3/c1-30-21-12-11-16(15-22(21)31-2)24(29)19-9-5-8-18-17-7-3-4-10-20(17)28(23(18)19)25-26-13-6-14-27-25/h3-15H,1-2H3. The Morgan fingerprint density at radius 3 is 2.32 bits per heavy atom. The lowest BCUT2D eigenvalue weighted by Gasteiger charge is -2.11. The summed E-state index contributed by atoms with van der Waals surface area (Å²) in [5.74, 6) is 1.48. The minimum Gasteiger partial charge on any atom is -0.493 e. The fraction of sp³-hybridized carbons (Fsp3) is 0.0800. The Kier molecular flexibility index (Phi) is 4.59. The fourth-order valence-corrected chi connectivity index (χ4v) is 3.95. The molecule has 5 rings (SSSR count). The Labute approximate surface area is 178 Å². The van der Waals surface area contributed by atoms with Gasteiger partial charge in [-0.2, -0.15) is 0 Å². The van der Waals surface area contributed by atoms with E-state index in [1.54, 1.807) is 50.9 Å². The van der Waals surface area contributed by atoms with Gasteiger partial charge in [0, 0.05) is 34.3 Å². The van der Waals surface area contributed by atoms with Crippen molar-refractivity contribution >= 4 is 27.6 Å². The normalized spacial score (nSPS) is 11.0. The number of rotatable bonds is 5. The third kappa shape index (κ3) is 3.00. The van der Waals surface area contributed by atoms with Crippen LogP contribution in [0.5, 0.6) is 11.5 Å². The third-order valence-corrected chi connectivity index (χ3v) is 5.34. The summed E-state index contributed by atoms with van der Waals surface area (Å²) in [6.07, 6.45) is 3.39. The van der Waals surface area contributed by atoms with Crippen LogP contribution in [0.15, 0.2) is 79.1 Å². The van der Waals surface area contributed by atoms with E-state index in [2.05, 4.69) is 9.97 Å². The Balaban J connectivity index is 1.80. The molecule has 3 aromatic carbocycles. The number of carbonyl (C=O) groups is 1. The molecule has 0 atom stereocenters. The van der Waals surface area contributed by atoms with Gasteiger partial charge in [-0.1, -0.05) is 30.3 Å². The van der Waals surface area contributed by atoms with E-state index in [9.17, 15) is 4.79 Å². The summed E-state index contributed by atoms with van der Waals surface area (Å²) in [6.45, 7) is 0. The van der Waals surface area contributed by atoms with Crippen LogP contribution in [0.4, 0.5) is 0 Å². The molecule has 0 fully saturated rings. The number of hydrogen-bond donors (Lipinski definition) is 0. The van der Waals surface area contributed by atoms with Crippen molar-refractivity contribution in [3.05, 3.63) is 90.3 Å². The molecule has 0 radical (unpaired) electrons. The Hall–Kier alpha value is -4.19. The smallest absolute Gasteiger partial charge is 0.234 e. The molecule has 0 aliphatic heterocycles. The van der Waals surface area contributed by atoms with Crippen molar-refractivity contribution in [3.8, 4) is 17.4 Å². The minimum atomic E-state index is -0.119. The largest absolute Gasteiger partial charge is 0.493 e. The number of carbonyl (C=O) groups excluding carboxylic acids is 1. The summed E-state index contributed by atoms with van der Waals surface area (Å²) >= 11 is 0. The average molecular weight is 409 g/mol. The van der Waals surface area contributed by atoms with Crippen LogP contribution >= 0.6 is 0 Å². The molecular weight excluding hydrogens is 390 g/mol. The van der Waals surface area contributed by atoms with Gasteiger partial charge in [0.1, 0.15) is 0 Å². The zero-order valence-electron chi connectivity index (χ0n) is 17.1. The summed E-state index contributed by atoms with van der Waals surface area (Å²) in [4.78, 5) is 22.5. The van der Waals surface area contributed by atoms with Crippen molar-refractivity contribution in [1.29, 1.82) is 0 Å². The van der Waals surface area contributed by atoms with Crippen molar-refractivity contribution < 1.29 is 14.3 Å². The lowest BCUT2D eigenvalue weighted by molar-refractivity contribution is 0.103. The molecule has 0 bridgehead atoms. The summed E-state index contributed by atoms with van der Waals surface area (Å²) in [5.41, 5.74) is 2.79. The predicted octanol–water partition coefficient (Wildman–Crippen LogP) is 4.82. The number of fused-ring (bicyclic) bond motifs is 3. The molecule has 0 amide bonds. The summed E-state index contributed by atoms with van der Waals surface area (Å²) < 4.78 is 12.6. The topological polar surface area (TPSA) is 66.2 Å². The van der Waals surface area contributed by atoms with E-state index in [4.69, 9.17) is 9.47 Å². The average Bonchev–Trinajstić information content (AvgIpc) is 3.18. The molecule has 6 nitrogen and oxygen atoms in total. The maximum absolute atomic E-state index is 13.6. The second kappa shape index (κ2) is 7.57. The van der Waals surface area contributed by atoms with E-state index in [0.29, 0.717) is 28.6 Å². The van der Waals surface area contributed by atoms with Crippen LogP contribution in [0.1, 0.15) is 15.9 Å². The van der Waals surface area contributed by atoms with Gasteiger partial charge in [-0.15, -0.1) is 0 Å². The molecule has 5 aromatic rings. The monoisotopic (exact) mass is 409 g/mol. The number of benzene rings is 3. The van der Waals surface area contributed by atoms with Crippen molar-refractivity contribution in [1.82, 2.24) is 14.5 Å². The third-order valence-electron chi connectivity index (χ3n) is 5.34. The first-order chi connectivity index (χ1) is 15.2. The van der Waals surface area contributed by atoms with Gasteiger partial charge in [-0.05, 0) is 36.4 Å². The predicted molar refractivity (Wildman–Crippen MR) is 119 cm³/mol. The minimum absolute atomic E-state index is 0.119. The number of aromatic nitrogens is 3. The highest BCUT2D eigenvalue weighted by molar-refractivity contribution is 6.21. The number of ether oxygens (including phenoxy) is 2. The van der Waals surface area contributed by atoms with Gasteiger partial charge in [-0.3, -0.25) is 9.36 Å². The van der Waals surface area contributed by atoms with E-state index in [1.807, 2.05) is 47.0 Å². The van der Waals surface area contributed by atoms with E-state index >= 15 is 0 Å². The molecule has 0 aliphatic rings. The first kappa shape index (κ1) is 18.8. The molecular formula is C25H19N3O3. The van der Waals surface area contributed by atoms with Gasteiger partial charge in [0.05, 0.1) is 25.3 Å². The van der Waals surface area contributed by atoms with Crippen LogP contribution in [0, 0.1) is 0 Å². The van der Waals surface area contributed by atoms with E-state index in [1.165, 1.54) is 0 Å². The van der Waals surface area contributed by atoms with Crippen LogP contribution in [0.3, 0.4) is 0 Å². The number of methoxy groups -OCH3 is 2. The van der Waals surface area contributed by atoms with Gasteiger partial charge >= 0.3 is 0 Å². The van der Waals surface area contributed by atoms with Gasteiger partial charge in [0.15, 0.2) is 17.3 Å². The second-order valence-electron chi connectivity index (χ2n) is 7.00. The van der Waals surface area contributed by atoms with Crippen molar-refractivity contribution in [3.63, 3.8) is 0 Å². The Bertz CT molecular complexity index is 1420. The van der Waals surface area contributed by atoms with Gasteiger partial charge in [-0.25, -0.2) is 9.97 Å². The lowest BCUT2D eigenvalue weighted by atomic mass is 10.00. The first-order valence-corrected chi connectivity index (χ1v) is 9.79. The SMILES string of the molecule is COc1ccc(C(=O)c2cccc3c4ccccc4n(-c4ncccn4)c23)cc1OC. The molecule has 0 unspecified atom stereocenters. The summed E-state index contributed by atoms with van der Waals surface area (Å²) in [7, 11) is 3.12.